The fraction of sp³-hybridized carbons (Fsp3) is 0.444. The Kier molecular flexibility index (Phi) is 9.28. The molecule has 0 aromatic heterocycles. The van der Waals surface area contributed by atoms with Crippen LogP contribution in [0.25, 0.3) is 0 Å². The van der Waals surface area contributed by atoms with Crippen molar-refractivity contribution in [2.24, 2.45) is 5.92 Å². The molecule has 190 valence electrons. The van der Waals surface area contributed by atoms with Gasteiger partial charge in [-0.3, -0.25) is 9.59 Å². The SMILES string of the molecule is COC(=O)C(C(=O)OC(C)(C)C)[C@H](NC(=O)OC(C)(C)C)c1cccc(OCc2ccccc2)c1. The van der Waals surface area contributed by atoms with E-state index in [1.807, 2.05) is 30.3 Å². The first-order chi connectivity index (χ1) is 16.3. The molecule has 8 nitrogen and oxygen atoms in total. The van der Waals surface area contributed by atoms with E-state index in [0.717, 1.165) is 5.56 Å². The topological polar surface area (TPSA) is 100 Å². The van der Waals surface area contributed by atoms with Crippen molar-refractivity contribution >= 4 is 18.0 Å². The Balaban J connectivity index is 2.42. The van der Waals surface area contributed by atoms with Gasteiger partial charge in [-0.1, -0.05) is 42.5 Å². The van der Waals surface area contributed by atoms with Gasteiger partial charge < -0.3 is 24.3 Å². The summed E-state index contributed by atoms with van der Waals surface area (Å²) in [4.78, 5) is 38.6. The number of benzene rings is 2. The minimum Gasteiger partial charge on any atom is -0.489 e. The summed E-state index contributed by atoms with van der Waals surface area (Å²) in [7, 11) is 1.17. The second kappa shape index (κ2) is 11.7. The molecule has 2 aromatic carbocycles. The van der Waals surface area contributed by atoms with Gasteiger partial charge in [0.15, 0.2) is 5.92 Å². The number of methoxy groups -OCH3 is 1. The normalized spacial score (nSPS) is 13.2. The number of rotatable bonds is 8. The standard InChI is InChI=1S/C27H35NO7/c1-26(2,3)34-24(30)21(23(29)32-7)22(28-25(31)35-27(4,5)6)19-14-11-15-20(16-19)33-17-18-12-9-8-10-13-18/h8-16,21-22H,17H2,1-7H3,(H,28,31)/t21?,22-/m1/s1. The summed E-state index contributed by atoms with van der Waals surface area (Å²) in [6.07, 6.45) is -0.796. The quantitative estimate of drug-likeness (QED) is 0.320. The zero-order valence-corrected chi connectivity index (χ0v) is 21.4. The lowest BCUT2D eigenvalue weighted by Gasteiger charge is -2.29. The molecule has 0 bridgehead atoms. The maximum atomic E-state index is 13.1. The van der Waals surface area contributed by atoms with E-state index >= 15 is 0 Å². The monoisotopic (exact) mass is 485 g/mol. The predicted molar refractivity (Wildman–Crippen MR) is 131 cm³/mol. The molecule has 1 N–H and O–H groups in total. The lowest BCUT2D eigenvalue weighted by atomic mass is 9.92. The Morgan fingerprint density at radius 3 is 2.03 bits per heavy atom. The Labute approximate surface area is 206 Å². The highest BCUT2D eigenvalue weighted by Gasteiger charge is 2.41. The van der Waals surface area contributed by atoms with Gasteiger partial charge in [-0.05, 0) is 64.8 Å². The van der Waals surface area contributed by atoms with Crippen molar-refractivity contribution < 1.29 is 33.3 Å². The minimum absolute atomic E-state index is 0.320. The van der Waals surface area contributed by atoms with E-state index in [9.17, 15) is 14.4 Å². The number of alkyl carbamates (subject to hydrolysis) is 1. The van der Waals surface area contributed by atoms with Crippen LogP contribution < -0.4 is 10.1 Å². The van der Waals surface area contributed by atoms with Gasteiger partial charge in [0, 0.05) is 0 Å². The van der Waals surface area contributed by atoms with E-state index in [2.05, 4.69) is 5.32 Å². The molecule has 8 heteroatoms. The summed E-state index contributed by atoms with van der Waals surface area (Å²) >= 11 is 0. The van der Waals surface area contributed by atoms with Gasteiger partial charge in [0.05, 0.1) is 13.2 Å². The number of carbonyl (C=O) groups excluding carboxylic acids is 3. The first kappa shape index (κ1) is 27.7. The fourth-order valence-corrected chi connectivity index (χ4v) is 3.19. The average Bonchev–Trinajstić information content (AvgIpc) is 2.75. The Bertz CT molecular complexity index is 1010. The molecular formula is C27H35NO7. The highest BCUT2D eigenvalue weighted by Crippen LogP contribution is 2.30. The molecule has 2 atom stereocenters. The van der Waals surface area contributed by atoms with Crippen molar-refractivity contribution in [1.29, 1.82) is 0 Å². The largest absolute Gasteiger partial charge is 0.489 e. The molecule has 0 aliphatic heterocycles. The fourth-order valence-electron chi connectivity index (χ4n) is 3.19. The minimum atomic E-state index is -1.48. The van der Waals surface area contributed by atoms with Gasteiger partial charge in [-0.15, -0.1) is 0 Å². The van der Waals surface area contributed by atoms with Crippen LogP contribution in [0.1, 0.15) is 58.7 Å². The maximum absolute atomic E-state index is 13.1. The smallest absolute Gasteiger partial charge is 0.408 e. The van der Waals surface area contributed by atoms with E-state index in [1.165, 1.54) is 7.11 Å². The number of hydrogen-bond donors (Lipinski definition) is 1. The Morgan fingerprint density at radius 1 is 0.829 bits per heavy atom. The van der Waals surface area contributed by atoms with Crippen LogP contribution in [0.2, 0.25) is 0 Å². The number of nitrogens with one attached hydrogen (secondary N) is 1. The number of esters is 2. The summed E-state index contributed by atoms with van der Waals surface area (Å²) in [6, 6.07) is 15.3. The third-order valence-corrected chi connectivity index (χ3v) is 4.59. The second-order valence-electron chi connectivity index (χ2n) is 10.0. The van der Waals surface area contributed by atoms with Gasteiger partial charge in [0.2, 0.25) is 0 Å². The molecule has 0 fully saturated rings. The van der Waals surface area contributed by atoms with E-state index in [-0.39, 0.29) is 0 Å². The van der Waals surface area contributed by atoms with Crippen LogP contribution >= 0.6 is 0 Å². The highest BCUT2D eigenvalue weighted by atomic mass is 16.6. The van der Waals surface area contributed by atoms with Crippen molar-refractivity contribution in [2.75, 3.05) is 7.11 Å². The molecule has 0 saturated carbocycles. The molecule has 0 heterocycles. The molecule has 0 radical (unpaired) electrons. The summed E-state index contributed by atoms with van der Waals surface area (Å²) < 4.78 is 21.7. The lowest BCUT2D eigenvalue weighted by Crippen LogP contribution is -2.45. The summed E-state index contributed by atoms with van der Waals surface area (Å²) in [5, 5.41) is 2.65. The van der Waals surface area contributed by atoms with Crippen LogP contribution in [0, 0.1) is 5.92 Å². The third-order valence-electron chi connectivity index (χ3n) is 4.59. The Hall–Kier alpha value is -3.55. The van der Waals surface area contributed by atoms with Gasteiger partial charge >= 0.3 is 18.0 Å². The highest BCUT2D eigenvalue weighted by molar-refractivity contribution is 5.96. The average molecular weight is 486 g/mol. The summed E-state index contributed by atoms with van der Waals surface area (Å²) in [6.45, 7) is 10.5. The molecule has 0 aliphatic rings. The van der Waals surface area contributed by atoms with E-state index in [1.54, 1.807) is 65.8 Å². The summed E-state index contributed by atoms with van der Waals surface area (Å²) in [5.41, 5.74) is -0.229. The van der Waals surface area contributed by atoms with Crippen LogP contribution in [-0.2, 0) is 30.4 Å². The molecule has 0 aliphatic carbocycles. The first-order valence-corrected chi connectivity index (χ1v) is 11.4. The van der Waals surface area contributed by atoms with Gasteiger partial charge in [-0.25, -0.2) is 4.79 Å². The van der Waals surface area contributed by atoms with Crippen LogP contribution in [-0.4, -0.2) is 36.3 Å². The van der Waals surface area contributed by atoms with Crippen molar-refractivity contribution in [1.82, 2.24) is 5.32 Å². The molecule has 0 saturated heterocycles. The van der Waals surface area contributed by atoms with E-state index in [0.29, 0.717) is 17.9 Å². The second-order valence-corrected chi connectivity index (χ2v) is 10.0. The number of hydrogen-bond acceptors (Lipinski definition) is 7. The molecule has 2 rings (SSSR count). The van der Waals surface area contributed by atoms with Crippen molar-refractivity contribution in [3.63, 3.8) is 0 Å². The van der Waals surface area contributed by atoms with Crippen molar-refractivity contribution in [3.8, 4) is 5.75 Å². The lowest BCUT2D eigenvalue weighted by molar-refractivity contribution is -0.169. The molecule has 1 unspecified atom stereocenters. The van der Waals surface area contributed by atoms with Crippen LogP contribution in [0.3, 0.4) is 0 Å². The zero-order valence-electron chi connectivity index (χ0n) is 21.4. The van der Waals surface area contributed by atoms with Crippen LogP contribution in [0.15, 0.2) is 54.6 Å². The molecule has 0 spiro atoms. The van der Waals surface area contributed by atoms with Gasteiger partial charge in [0.25, 0.3) is 0 Å². The molecular weight excluding hydrogens is 450 g/mol. The number of carbonyl (C=O) groups is 3. The molecule has 35 heavy (non-hydrogen) atoms. The van der Waals surface area contributed by atoms with E-state index < -0.39 is 41.2 Å². The summed E-state index contributed by atoms with van der Waals surface area (Å²) in [5.74, 6) is -2.66. The Morgan fingerprint density at radius 2 is 1.46 bits per heavy atom. The van der Waals surface area contributed by atoms with Crippen LogP contribution in [0.5, 0.6) is 5.75 Å². The van der Waals surface area contributed by atoms with Crippen molar-refractivity contribution in [2.45, 2.75) is 65.4 Å². The number of amides is 1. The number of ether oxygens (including phenoxy) is 4. The van der Waals surface area contributed by atoms with Crippen molar-refractivity contribution in [3.05, 3.63) is 65.7 Å². The van der Waals surface area contributed by atoms with E-state index in [4.69, 9.17) is 18.9 Å². The zero-order chi connectivity index (χ0) is 26.2. The van der Waals surface area contributed by atoms with Gasteiger partial charge in [-0.2, -0.15) is 0 Å². The van der Waals surface area contributed by atoms with Crippen LogP contribution in [0.4, 0.5) is 4.79 Å². The predicted octanol–water partition coefficient (Wildman–Crippen LogP) is 4.96. The maximum Gasteiger partial charge on any atom is 0.408 e. The molecule has 1 amide bonds. The van der Waals surface area contributed by atoms with Gasteiger partial charge in [0.1, 0.15) is 23.6 Å². The third kappa shape index (κ3) is 9.31. The first-order valence-electron chi connectivity index (χ1n) is 11.4. The molecule has 2 aromatic rings.